The number of nitrogens with zero attached hydrogens (tertiary/aromatic N) is 1. The van der Waals surface area contributed by atoms with Gasteiger partial charge in [0.05, 0.1) is 0 Å². The van der Waals surface area contributed by atoms with Gasteiger partial charge in [0.15, 0.2) is 0 Å². The minimum atomic E-state index is -0.582. The van der Waals surface area contributed by atoms with E-state index < -0.39 is 6.17 Å². The highest BCUT2D eigenvalue weighted by Crippen LogP contribution is 2.30. The quantitative estimate of drug-likeness (QED) is 0.766. The first-order valence-corrected chi connectivity index (χ1v) is 6.57. The Labute approximate surface area is 89.4 Å². The standard InChI is InChI=1S/C10H19FN2S/c11-9-4-2-1-3-8(9)7-13-5-6-14-10(13)12/h8-10H,1-7,12H2. The molecule has 3 unspecified atom stereocenters. The fourth-order valence-corrected chi connectivity index (χ4v) is 3.37. The molecule has 1 saturated heterocycles. The first-order valence-electron chi connectivity index (χ1n) is 5.52. The number of alkyl halides is 1. The second-order valence-electron chi connectivity index (χ2n) is 4.32. The van der Waals surface area contributed by atoms with Crippen molar-refractivity contribution in [1.29, 1.82) is 0 Å². The summed E-state index contributed by atoms with van der Waals surface area (Å²) in [5, 5.41) is 0. The predicted octanol–water partition coefficient (Wildman–Crippen LogP) is 1.81. The normalized spacial score (nSPS) is 40.3. The monoisotopic (exact) mass is 218 g/mol. The van der Waals surface area contributed by atoms with E-state index in [2.05, 4.69) is 4.90 Å². The van der Waals surface area contributed by atoms with Gasteiger partial charge in [0.25, 0.3) is 0 Å². The second-order valence-corrected chi connectivity index (χ2v) is 5.54. The van der Waals surface area contributed by atoms with Crippen LogP contribution in [0.4, 0.5) is 4.39 Å². The van der Waals surface area contributed by atoms with Gasteiger partial charge in [-0.1, -0.05) is 12.8 Å². The van der Waals surface area contributed by atoms with Crippen LogP contribution >= 0.6 is 11.8 Å². The molecule has 2 rings (SSSR count). The van der Waals surface area contributed by atoms with E-state index in [0.717, 1.165) is 38.1 Å². The van der Waals surface area contributed by atoms with Crippen molar-refractivity contribution in [2.75, 3.05) is 18.8 Å². The molecular weight excluding hydrogens is 199 g/mol. The molecule has 2 nitrogen and oxygen atoms in total. The van der Waals surface area contributed by atoms with Crippen LogP contribution in [0.5, 0.6) is 0 Å². The van der Waals surface area contributed by atoms with Crippen molar-refractivity contribution in [2.45, 2.75) is 37.4 Å². The maximum absolute atomic E-state index is 13.6. The van der Waals surface area contributed by atoms with Crippen LogP contribution < -0.4 is 5.73 Å². The molecule has 1 saturated carbocycles. The molecule has 1 aliphatic carbocycles. The number of nitrogens with two attached hydrogens (primary N) is 1. The molecule has 2 fully saturated rings. The Morgan fingerprint density at radius 1 is 1.36 bits per heavy atom. The zero-order valence-electron chi connectivity index (χ0n) is 8.49. The molecule has 0 aromatic carbocycles. The summed E-state index contributed by atoms with van der Waals surface area (Å²) in [7, 11) is 0. The predicted molar refractivity (Wildman–Crippen MR) is 58.9 cm³/mol. The molecule has 14 heavy (non-hydrogen) atoms. The molecule has 1 heterocycles. The highest BCUT2D eigenvalue weighted by atomic mass is 32.2. The van der Waals surface area contributed by atoms with E-state index in [1.165, 1.54) is 6.42 Å². The van der Waals surface area contributed by atoms with Gasteiger partial charge in [0.1, 0.15) is 11.7 Å². The highest BCUT2D eigenvalue weighted by molar-refractivity contribution is 8.00. The van der Waals surface area contributed by atoms with Gasteiger partial charge in [-0.15, -0.1) is 11.8 Å². The second kappa shape index (κ2) is 4.81. The van der Waals surface area contributed by atoms with Crippen LogP contribution in [0.25, 0.3) is 0 Å². The van der Waals surface area contributed by atoms with Crippen LogP contribution in [0.15, 0.2) is 0 Å². The largest absolute Gasteiger partial charge is 0.307 e. The first kappa shape index (κ1) is 10.7. The van der Waals surface area contributed by atoms with Crippen LogP contribution in [-0.4, -0.2) is 35.4 Å². The minimum Gasteiger partial charge on any atom is -0.307 e. The first-order chi connectivity index (χ1) is 6.77. The lowest BCUT2D eigenvalue weighted by Crippen LogP contribution is -2.41. The van der Waals surface area contributed by atoms with Gasteiger partial charge in [-0.3, -0.25) is 4.90 Å². The Morgan fingerprint density at radius 2 is 2.14 bits per heavy atom. The number of rotatable bonds is 2. The molecule has 0 aromatic rings. The Balaban J connectivity index is 1.83. The summed E-state index contributed by atoms with van der Waals surface area (Å²) in [6, 6.07) is 0. The lowest BCUT2D eigenvalue weighted by molar-refractivity contribution is 0.118. The number of thioether (sulfide) groups is 1. The summed E-state index contributed by atoms with van der Waals surface area (Å²) < 4.78 is 13.6. The topological polar surface area (TPSA) is 29.3 Å². The van der Waals surface area contributed by atoms with Crippen LogP contribution in [0.2, 0.25) is 0 Å². The van der Waals surface area contributed by atoms with E-state index in [0.29, 0.717) is 0 Å². The Bertz CT molecular complexity index is 191. The van der Waals surface area contributed by atoms with Gasteiger partial charge in [-0.05, 0) is 12.8 Å². The van der Waals surface area contributed by atoms with Crippen molar-refractivity contribution in [3.05, 3.63) is 0 Å². The van der Waals surface area contributed by atoms with Crippen molar-refractivity contribution in [3.8, 4) is 0 Å². The summed E-state index contributed by atoms with van der Waals surface area (Å²) >= 11 is 1.78. The fourth-order valence-electron chi connectivity index (χ4n) is 2.39. The average Bonchev–Trinajstić information content (AvgIpc) is 2.56. The zero-order valence-corrected chi connectivity index (χ0v) is 9.31. The number of hydrogen-bond acceptors (Lipinski definition) is 3. The summed E-state index contributed by atoms with van der Waals surface area (Å²) in [5.74, 6) is 1.35. The molecule has 3 atom stereocenters. The number of halogens is 1. The van der Waals surface area contributed by atoms with Gasteiger partial charge in [-0.25, -0.2) is 4.39 Å². The molecule has 2 aliphatic rings. The maximum atomic E-state index is 13.6. The lowest BCUT2D eigenvalue weighted by atomic mass is 9.87. The fraction of sp³-hybridized carbons (Fsp3) is 1.00. The third-order valence-electron chi connectivity index (χ3n) is 3.31. The van der Waals surface area contributed by atoms with Crippen LogP contribution in [-0.2, 0) is 0 Å². The maximum Gasteiger partial charge on any atom is 0.106 e. The van der Waals surface area contributed by atoms with E-state index in [4.69, 9.17) is 5.73 Å². The van der Waals surface area contributed by atoms with Crippen molar-refractivity contribution in [1.82, 2.24) is 4.90 Å². The molecule has 82 valence electrons. The summed E-state index contributed by atoms with van der Waals surface area (Å²) in [6.45, 7) is 1.91. The van der Waals surface area contributed by atoms with E-state index in [1.807, 2.05) is 0 Å². The van der Waals surface area contributed by atoms with Gasteiger partial charge < -0.3 is 5.73 Å². The van der Waals surface area contributed by atoms with Gasteiger partial charge in [-0.2, -0.15) is 0 Å². The van der Waals surface area contributed by atoms with Gasteiger partial charge in [0, 0.05) is 24.8 Å². The summed E-state index contributed by atoms with van der Waals surface area (Å²) in [5.41, 5.74) is 6.02. The molecular formula is C10H19FN2S. The Hall–Kier alpha value is 0.200. The van der Waals surface area contributed by atoms with E-state index in [9.17, 15) is 4.39 Å². The minimum absolute atomic E-state index is 0.115. The summed E-state index contributed by atoms with van der Waals surface area (Å²) in [4.78, 5) is 2.23. The third kappa shape index (κ3) is 2.41. The molecule has 4 heteroatoms. The summed E-state index contributed by atoms with van der Waals surface area (Å²) in [6.07, 6.45) is 3.50. The zero-order chi connectivity index (χ0) is 9.97. The molecule has 0 bridgehead atoms. The van der Waals surface area contributed by atoms with E-state index in [1.54, 1.807) is 11.8 Å². The van der Waals surface area contributed by atoms with E-state index >= 15 is 0 Å². The van der Waals surface area contributed by atoms with Gasteiger partial charge >= 0.3 is 0 Å². The highest BCUT2D eigenvalue weighted by Gasteiger charge is 2.30. The van der Waals surface area contributed by atoms with Crippen molar-refractivity contribution in [2.24, 2.45) is 11.7 Å². The van der Waals surface area contributed by atoms with Crippen molar-refractivity contribution >= 4 is 11.8 Å². The van der Waals surface area contributed by atoms with Crippen LogP contribution in [0, 0.1) is 5.92 Å². The molecule has 0 amide bonds. The molecule has 0 aromatic heterocycles. The van der Waals surface area contributed by atoms with E-state index in [-0.39, 0.29) is 11.4 Å². The smallest absolute Gasteiger partial charge is 0.106 e. The Morgan fingerprint density at radius 3 is 2.79 bits per heavy atom. The average molecular weight is 218 g/mol. The Kier molecular flexibility index (Phi) is 3.68. The van der Waals surface area contributed by atoms with Crippen molar-refractivity contribution < 1.29 is 4.39 Å². The number of hydrogen-bond donors (Lipinski definition) is 1. The molecule has 0 spiro atoms. The SMILES string of the molecule is NC1SCCN1CC1CCCCC1F. The third-order valence-corrected chi connectivity index (χ3v) is 4.37. The lowest BCUT2D eigenvalue weighted by Gasteiger charge is -2.31. The van der Waals surface area contributed by atoms with Crippen LogP contribution in [0.3, 0.4) is 0 Å². The van der Waals surface area contributed by atoms with Crippen LogP contribution in [0.1, 0.15) is 25.7 Å². The van der Waals surface area contributed by atoms with Crippen molar-refractivity contribution in [3.63, 3.8) is 0 Å². The molecule has 1 aliphatic heterocycles. The molecule has 2 N–H and O–H groups in total. The molecule has 0 radical (unpaired) electrons. The van der Waals surface area contributed by atoms with Gasteiger partial charge in [0.2, 0.25) is 0 Å².